The van der Waals surface area contributed by atoms with Crippen LogP contribution in [0.2, 0.25) is 0 Å². The predicted molar refractivity (Wildman–Crippen MR) is 270 cm³/mol. The summed E-state index contributed by atoms with van der Waals surface area (Å²) in [5.74, 6) is -3.34. The zero-order valence-corrected chi connectivity index (χ0v) is 45.2. The molecule has 24 nitrogen and oxygen atoms in total. The quantitative estimate of drug-likeness (QED) is 0.0198. The van der Waals surface area contributed by atoms with Crippen molar-refractivity contribution < 1.29 is 94.9 Å². The van der Waals surface area contributed by atoms with Gasteiger partial charge in [-0.15, -0.1) is 0 Å². The number of ether oxygens (including phenoxy) is 4. The van der Waals surface area contributed by atoms with E-state index in [1.165, 1.54) is 24.3 Å². The Morgan fingerprint density at radius 1 is 0.595 bits per heavy atom. The number of phosphoric ester groups is 2. The van der Waals surface area contributed by atoms with Crippen molar-refractivity contribution >= 4 is 51.2 Å². The Kier molecular flexibility index (Phi) is 35.7. The third-order valence-corrected chi connectivity index (χ3v) is 11.8. The molecule has 0 aliphatic rings. The average Bonchev–Trinajstić information content (AvgIpc) is 3.32. The molecule has 74 heavy (non-hydrogen) atoms. The molecule has 8 N–H and O–H groups in total. The third-order valence-electron chi connectivity index (χ3n) is 9.86. The van der Waals surface area contributed by atoms with Crippen molar-refractivity contribution in [2.45, 2.75) is 142 Å². The first kappa shape index (κ1) is 67.6. The highest BCUT2D eigenvalue weighted by molar-refractivity contribution is 7.47. The van der Waals surface area contributed by atoms with E-state index in [0.29, 0.717) is 25.7 Å². The summed E-state index contributed by atoms with van der Waals surface area (Å²) in [5, 5.41) is 29.3. The Bertz CT molecular complexity index is 1860. The molecule has 0 saturated heterocycles. The lowest BCUT2D eigenvalue weighted by atomic mass is 10.1. The zero-order valence-electron chi connectivity index (χ0n) is 43.4. The second-order valence-electron chi connectivity index (χ2n) is 17.2. The maximum atomic E-state index is 12.9. The summed E-state index contributed by atoms with van der Waals surface area (Å²) in [7, 11) is -9.47. The Morgan fingerprint density at radius 3 is 1.35 bits per heavy atom. The van der Waals surface area contributed by atoms with Gasteiger partial charge < -0.3 is 60.2 Å². The number of nitrogens with one attached hydrogen (secondary N) is 4. The number of carbonyl (C=O) groups is 6. The molecule has 0 heterocycles. The summed E-state index contributed by atoms with van der Waals surface area (Å²) in [6.45, 7) is 7.36. The minimum atomic E-state index is -4.74. The number of unbranched alkanes of at least 4 members (excludes halogenated alkanes) is 2. The lowest BCUT2D eigenvalue weighted by molar-refractivity contribution is -0.151. The molecule has 0 bridgehead atoms. The topological polar surface area (TPSA) is 339 Å². The molecule has 422 valence electrons. The number of esters is 2. The summed E-state index contributed by atoms with van der Waals surface area (Å²) < 4.78 is 67.2. The average molecular weight is 1100 g/mol. The van der Waals surface area contributed by atoms with Crippen LogP contribution >= 0.6 is 15.6 Å². The molecular weight excluding hydrogens is 1010 g/mol. The van der Waals surface area contributed by atoms with Gasteiger partial charge in [-0.3, -0.25) is 46.9 Å². The van der Waals surface area contributed by atoms with Gasteiger partial charge >= 0.3 is 27.6 Å². The van der Waals surface area contributed by atoms with Crippen molar-refractivity contribution in [2.75, 3.05) is 65.9 Å². The van der Waals surface area contributed by atoms with Gasteiger partial charge in [0.15, 0.2) is 0 Å². The smallest absolute Gasteiger partial charge is 0.462 e. The largest absolute Gasteiger partial charge is 0.472 e. The number of amides is 4. The van der Waals surface area contributed by atoms with Crippen molar-refractivity contribution in [1.29, 1.82) is 0 Å². The van der Waals surface area contributed by atoms with Crippen LogP contribution in [0.4, 0.5) is 0 Å². The molecule has 0 saturated carbocycles. The second kappa shape index (κ2) is 39.0. The van der Waals surface area contributed by atoms with Crippen molar-refractivity contribution in [3.8, 4) is 0 Å². The molecule has 8 atom stereocenters. The van der Waals surface area contributed by atoms with Gasteiger partial charge in [-0.25, -0.2) is 9.13 Å². The minimum Gasteiger partial charge on any atom is -0.462 e. The summed E-state index contributed by atoms with van der Waals surface area (Å²) in [6, 6.07) is 3.61. The summed E-state index contributed by atoms with van der Waals surface area (Å²) in [4.78, 5) is 96.2. The number of phosphoric acid groups is 2. The SMILES string of the molecule is C/C=C\CCCC(=O)O[C@H](C)CC(=O)NC(COCC[C@@H](C)O)COP(=O)(O)OCCNC(=O)c1cccc(C(=O)NCCOP(=O)(O)OCC(COCC[C@@H](C)O)NC(=O)C[C@@H](C)OC(=O)CCC/C=C\C)c1. The molecule has 26 heteroatoms. The van der Waals surface area contributed by atoms with Gasteiger partial charge in [-0.05, 0) is 98.3 Å². The molecule has 0 radical (unpaired) electrons. The monoisotopic (exact) mass is 1090 g/mol. The molecule has 0 spiro atoms. The Morgan fingerprint density at radius 2 is 0.986 bits per heavy atom. The van der Waals surface area contributed by atoms with E-state index in [1.54, 1.807) is 27.7 Å². The lowest BCUT2D eigenvalue weighted by Crippen LogP contribution is -2.42. The van der Waals surface area contributed by atoms with Gasteiger partial charge in [0.1, 0.15) is 12.2 Å². The number of hydrogen-bond donors (Lipinski definition) is 8. The van der Waals surface area contributed by atoms with E-state index < -0.39 is 114 Å². The zero-order chi connectivity index (χ0) is 55.4. The number of allylic oxidation sites excluding steroid dienone is 4. The fraction of sp³-hybridized carbons (Fsp3) is 0.667. The fourth-order valence-corrected chi connectivity index (χ4v) is 7.66. The lowest BCUT2D eigenvalue weighted by Gasteiger charge is -2.22. The van der Waals surface area contributed by atoms with Crippen molar-refractivity contribution in [3.05, 3.63) is 59.7 Å². The molecule has 4 unspecified atom stereocenters. The summed E-state index contributed by atoms with van der Waals surface area (Å²) in [6.07, 6.45) is 7.96. The predicted octanol–water partition coefficient (Wildman–Crippen LogP) is 4.09. The van der Waals surface area contributed by atoms with Crippen LogP contribution in [0.25, 0.3) is 0 Å². The van der Waals surface area contributed by atoms with Gasteiger partial charge in [-0.1, -0.05) is 30.4 Å². The number of carbonyl (C=O) groups excluding carboxylic acids is 6. The molecule has 0 aromatic heterocycles. The van der Waals surface area contributed by atoms with Gasteiger partial charge in [0.25, 0.3) is 11.8 Å². The van der Waals surface area contributed by atoms with Crippen LogP contribution < -0.4 is 21.3 Å². The van der Waals surface area contributed by atoms with E-state index in [4.69, 9.17) is 37.0 Å². The van der Waals surface area contributed by atoms with E-state index in [2.05, 4.69) is 21.3 Å². The molecule has 1 aromatic carbocycles. The Balaban J connectivity index is 2.65. The molecule has 0 aliphatic heterocycles. The first-order valence-electron chi connectivity index (χ1n) is 24.7. The maximum absolute atomic E-state index is 12.9. The Labute approximate surface area is 434 Å². The van der Waals surface area contributed by atoms with E-state index in [-0.39, 0.29) is 89.2 Å². The molecule has 1 aromatic rings. The molecule has 4 amide bonds. The van der Waals surface area contributed by atoms with Crippen molar-refractivity contribution in [3.63, 3.8) is 0 Å². The van der Waals surface area contributed by atoms with Gasteiger partial charge in [0, 0.05) is 50.3 Å². The van der Waals surface area contributed by atoms with Crippen LogP contribution in [0.5, 0.6) is 0 Å². The maximum Gasteiger partial charge on any atom is 0.472 e. The van der Waals surface area contributed by atoms with Crippen LogP contribution in [0.1, 0.15) is 126 Å². The Hall–Kier alpha value is -4.42. The highest BCUT2D eigenvalue weighted by Gasteiger charge is 2.27. The van der Waals surface area contributed by atoms with Gasteiger partial charge in [0.05, 0.1) is 76.8 Å². The van der Waals surface area contributed by atoms with E-state index in [1.807, 2.05) is 38.2 Å². The second-order valence-corrected chi connectivity index (χ2v) is 20.1. The minimum absolute atomic E-state index is 0.0379. The van der Waals surface area contributed by atoms with Crippen LogP contribution in [-0.4, -0.2) is 158 Å². The molecule has 0 fully saturated rings. The van der Waals surface area contributed by atoms with Crippen molar-refractivity contribution in [1.82, 2.24) is 21.3 Å². The molecule has 1 rings (SSSR count). The van der Waals surface area contributed by atoms with E-state index >= 15 is 0 Å². The number of aliphatic hydroxyl groups is 2. The highest BCUT2D eigenvalue weighted by Crippen LogP contribution is 2.43. The number of aliphatic hydroxyl groups excluding tert-OH is 2. The van der Waals surface area contributed by atoms with Crippen molar-refractivity contribution in [2.24, 2.45) is 0 Å². The van der Waals surface area contributed by atoms with E-state index in [0.717, 1.165) is 0 Å². The normalized spacial score (nSPS) is 15.7. The summed E-state index contributed by atoms with van der Waals surface area (Å²) in [5.41, 5.74) is 0.0757. The first-order valence-corrected chi connectivity index (χ1v) is 27.6. The van der Waals surface area contributed by atoms with Crippen LogP contribution in [0.15, 0.2) is 48.6 Å². The van der Waals surface area contributed by atoms with Gasteiger partial charge in [-0.2, -0.15) is 0 Å². The van der Waals surface area contributed by atoms with Crippen LogP contribution in [-0.2, 0) is 65.4 Å². The number of rotatable bonds is 42. The number of benzene rings is 1. The standard InChI is InChI=1S/C48H80N4O20P2/c1-7-9-11-13-18-45(57)71-37(5)28-43(55)51-41(31-65-24-20-35(3)53)33-69-73(61,62)67-26-22-49-47(59)39-16-15-17-40(30-39)48(60)50-23-27-68-74(63,64)70-34-42(32-66-25-21-36(4)54)52-44(56)29-38(6)72-46(58)19-14-12-10-8-2/h7-10,15-17,30,35-38,41-42,53-54H,11-14,18-29,31-34H2,1-6H3,(H,49,59)(H,50,60)(H,51,55)(H,52,56)(H,61,62)(H,63,64)/b9-7-,10-8-/t35-,36-,37-,38-,41?,42?/m1/s1. The first-order chi connectivity index (χ1) is 35.0. The summed E-state index contributed by atoms with van der Waals surface area (Å²) >= 11 is 0. The highest BCUT2D eigenvalue weighted by atomic mass is 31.2. The molecule has 0 aliphatic carbocycles. The van der Waals surface area contributed by atoms with Crippen LogP contribution in [0.3, 0.4) is 0 Å². The van der Waals surface area contributed by atoms with E-state index in [9.17, 15) is 57.9 Å². The van der Waals surface area contributed by atoms with Crippen LogP contribution in [0, 0.1) is 0 Å². The fourth-order valence-electron chi connectivity index (χ4n) is 6.13. The van der Waals surface area contributed by atoms with Gasteiger partial charge in [0.2, 0.25) is 11.8 Å². The third kappa shape index (κ3) is 35.7. The molecular formula is C48H80N4O20P2. The number of hydrogen-bond acceptors (Lipinski definition) is 18.